The first-order valence-electron chi connectivity index (χ1n) is 6.57. The Bertz CT molecular complexity index is 232. The quantitative estimate of drug-likeness (QED) is 0.496. The van der Waals surface area contributed by atoms with Crippen LogP contribution < -0.4 is 5.32 Å². The van der Waals surface area contributed by atoms with Gasteiger partial charge in [0.1, 0.15) is 0 Å². The summed E-state index contributed by atoms with van der Waals surface area (Å²) in [5.41, 5.74) is 0.310. The van der Waals surface area contributed by atoms with Gasteiger partial charge in [0.2, 0.25) is 5.91 Å². The molecular weight excluding hydrogens is 212 g/mol. The summed E-state index contributed by atoms with van der Waals surface area (Å²) in [6, 6.07) is 0. The summed E-state index contributed by atoms with van der Waals surface area (Å²) in [5, 5.41) is 2.82. The van der Waals surface area contributed by atoms with Crippen LogP contribution in [0.2, 0.25) is 0 Å². The SMILES string of the molecule is C=CC(=O)NCCCC(C)(C)CN(CC)CC. The van der Waals surface area contributed by atoms with Crippen molar-refractivity contribution in [1.82, 2.24) is 10.2 Å². The molecule has 0 saturated heterocycles. The molecule has 0 aliphatic carbocycles. The molecule has 0 aromatic heterocycles. The fourth-order valence-corrected chi connectivity index (χ4v) is 1.98. The standard InChI is InChI=1S/C14H28N2O/c1-6-13(17)15-11-9-10-14(4,5)12-16(7-2)8-3/h6H,1,7-12H2,2-5H3,(H,15,17). The fourth-order valence-electron chi connectivity index (χ4n) is 1.98. The van der Waals surface area contributed by atoms with Crippen molar-refractivity contribution in [2.75, 3.05) is 26.2 Å². The Hall–Kier alpha value is -0.830. The number of carbonyl (C=O) groups excluding carboxylic acids is 1. The Morgan fingerprint density at radius 1 is 1.35 bits per heavy atom. The van der Waals surface area contributed by atoms with E-state index in [1.807, 2.05) is 0 Å². The number of nitrogens with one attached hydrogen (secondary N) is 1. The summed E-state index contributed by atoms with van der Waals surface area (Å²) in [6.07, 6.45) is 3.47. The zero-order valence-electron chi connectivity index (χ0n) is 11.9. The number of nitrogens with zero attached hydrogens (tertiary/aromatic N) is 1. The topological polar surface area (TPSA) is 32.3 Å². The molecular formula is C14H28N2O. The number of rotatable bonds is 9. The van der Waals surface area contributed by atoms with Gasteiger partial charge in [0.05, 0.1) is 0 Å². The van der Waals surface area contributed by atoms with Gasteiger partial charge in [-0.25, -0.2) is 0 Å². The van der Waals surface area contributed by atoms with E-state index in [0.29, 0.717) is 5.41 Å². The van der Waals surface area contributed by atoms with Crippen LogP contribution in [0.25, 0.3) is 0 Å². The van der Waals surface area contributed by atoms with E-state index in [9.17, 15) is 4.79 Å². The van der Waals surface area contributed by atoms with Crippen molar-refractivity contribution in [2.24, 2.45) is 5.41 Å². The first-order chi connectivity index (χ1) is 7.95. The first-order valence-corrected chi connectivity index (χ1v) is 6.57. The van der Waals surface area contributed by atoms with Crippen molar-refractivity contribution >= 4 is 5.91 Å². The van der Waals surface area contributed by atoms with Crippen LogP contribution in [-0.2, 0) is 4.79 Å². The van der Waals surface area contributed by atoms with E-state index < -0.39 is 0 Å². The third kappa shape index (κ3) is 7.97. The van der Waals surface area contributed by atoms with Gasteiger partial charge in [-0.3, -0.25) is 4.79 Å². The highest BCUT2D eigenvalue weighted by atomic mass is 16.1. The molecule has 0 aromatic rings. The molecule has 0 unspecified atom stereocenters. The summed E-state index contributed by atoms with van der Waals surface area (Å²) in [7, 11) is 0. The highest BCUT2D eigenvalue weighted by molar-refractivity contribution is 5.86. The highest BCUT2D eigenvalue weighted by Crippen LogP contribution is 2.23. The van der Waals surface area contributed by atoms with Crippen LogP contribution in [0.4, 0.5) is 0 Å². The first kappa shape index (κ1) is 16.2. The van der Waals surface area contributed by atoms with Crippen molar-refractivity contribution in [3.8, 4) is 0 Å². The van der Waals surface area contributed by atoms with Gasteiger partial charge in [0, 0.05) is 13.1 Å². The minimum absolute atomic E-state index is 0.0773. The third-order valence-electron chi connectivity index (χ3n) is 3.06. The van der Waals surface area contributed by atoms with Gasteiger partial charge in [-0.2, -0.15) is 0 Å². The Balaban J connectivity index is 3.84. The van der Waals surface area contributed by atoms with Crippen molar-refractivity contribution < 1.29 is 4.79 Å². The van der Waals surface area contributed by atoms with Crippen LogP contribution >= 0.6 is 0 Å². The molecule has 1 N–H and O–H groups in total. The molecule has 3 nitrogen and oxygen atoms in total. The Labute approximate surface area is 106 Å². The predicted molar refractivity (Wildman–Crippen MR) is 74.0 cm³/mol. The van der Waals surface area contributed by atoms with E-state index in [4.69, 9.17) is 0 Å². The van der Waals surface area contributed by atoms with Crippen LogP contribution in [0.5, 0.6) is 0 Å². The molecule has 0 bridgehead atoms. The number of carbonyl (C=O) groups is 1. The number of hydrogen-bond acceptors (Lipinski definition) is 2. The van der Waals surface area contributed by atoms with Gasteiger partial charge in [0.25, 0.3) is 0 Å². The lowest BCUT2D eigenvalue weighted by atomic mass is 9.87. The van der Waals surface area contributed by atoms with Gasteiger partial charge in [-0.05, 0) is 37.4 Å². The van der Waals surface area contributed by atoms with E-state index in [0.717, 1.165) is 39.0 Å². The number of hydrogen-bond donors (Lipinski definition) is 1. The maximum absolute atomic E-state index is 11.0. The molecule has 17 heavy (non-hydrogen) atoms. The van der Waals surface area contributed by atoms with Gasteiger partial charge in [-0.15, -0.1) is 0 Å². The molecule has 0 saturated carbocycles. The minimum Gasteiger partial charge on any atom is -0.353 e. The van der Waals surface area contributed by atoms with Crippen molar-refractivity contribution in [3.63, 3.8) is 0 Å². The second-order valence-corrected chi connectivity index (χ2v) is 5.22. The lowest BCUT2D eigenvalue weighted by Crippen LogP contribution is -2.34. The Morgan fingerprint density at radius 2 is 1.94 bits per heavy atom. The summed E-state index contributed by atoms with van der Waals surface area (Å²) >= 11 is 0. The maximum Gasteiger partial charge on any atom is 0.243 e. The molecule has 0 aliphatic heterocycles. The van der Waals surface area contributed by atoms with E-state index in [-0.39, 0.29) is 5.91 Å². The molecule has 0 atom stereocenters. The van der Waals surface area contributed by atoms with Gasteiger partial charge >= 0.3 is 0 Å². The monoisotopic (exact) mass is 240 g/mol. The van der Waals surface area contributed by atoms with Crippen LogP contribution in [0, 0.1) is 5.41 Å². The second-order valence-electron chi connectivity index (χ2n) is 5.22. The zero-order valence-corrected chi connectivity index (χ0v) is 11.9. The van der Waals surface area contributed by atoms with Crippen molar-refractivity contribution in [1.29, 1.82) is 0 Å². The molecule has 0 spiro atoms. The normalized spacial score (nSPS) is 11.6. The molecule has 1 amide bonds. The van der Waals surface area contributed by atoms with E-state index in [2.05, 4.69) is 44.5 Å². The Morgan fingerprint density at radius 3 is 2.41 bits per heavy atom. The molecule has 0 fully saturated rings. The fraction of sp³-hybridized carbons (Fsp3) is 0.786. The van der Waals surface area contributed by atoms with Gasteiger partial charge in [-0.1, -0.05) is 34.3 Å². The summed E-state index contributed by atoms with van der Waals surface area (Å²) in [4.78, 5) is 13.4. The van der Waals surface area contributed by atoms with Gasteiger partial charge < -0.3 is 10.2 Å². The highest BCUT2D eigenvalue weighted by Gasteiger charge is 2.19. The molecule has 0 aliphatic rings. The second kappa shape index (κ2) is 8.29. The van der Waals surface area contributed by atoms with Crippen LogP contribution in [-0.4, -0.2) is 37.0 Å². The molecule has 0 aromatic carbocycles. The smallest absolute Gasteiger partial charge is 0.243 e. The van der Waals surface area contributed by atoms with Crippen LogP contribution in [0.3, 0.4) is 0 Å². The molecule has 100 valence electrons. The minimum atomic E-state index is -0.0773. The summed E-state index contributed by atoms with van der Waals surface area (Å²) < 4.78 is 0. The average molecular weight is 240 g/mol. The molecule has 0 radical (unpaired) electrons. The average Bonchev–Trinajstić information content (AvgIpc) is 2.31. The van der Waals surface area contributed by atoms with E-state index in [1.54, 1.807) is 0 Å². The largest absolute Gasteiger partial charge is 0.353 e. The maximum atomic E-state index is 11.0. The lowest BCUT2D eigenvalue weighted by Gasteiger charge is -2.31. The molecule has 3 heteroatoms. The molecule has 0 rings (SSSR count). The van der Waals surface area contributed by atoms with Gasteiger partial charge in [0.15, 0.2) is 0 Å². The van der Waals surface area contributed by atoms with Crippen LogP contribution in [0.15, 0.2) is 12.7 Å². The Kier molecular flexibility index (Phi) is 7.88. The van der Waals surface area contributed by atoms with Crippen LogP contribution in [0.1, 0.15) is 40.5 Å². The van der Waals surface area contributed by atoms with Crippen molar-refractivity contribution in [3.05, 3.63) is 12.7 Å². The number of amides is 1. The summed E-state index contributed by atoms with van der Waals surface area (Å²) in [6.45, 7) is 16.5. The van der Waals surface area contributed by atoms with E-state index >= 15 is 0 Å². The zero-order chi connectivity index (χ0) is 13.3. The third-order valence-corrected chi connectivity index (χ3v) is 3.06. The lowest BCUT2D eigenvalue weighted by molar-refractivity contribution is -0.116. The van der Waals surface area contributed by atoms with Crippen molar-refractivity contribution in [2.45, 2.75) is 40.5 Å². The molecule has 0 heterocycles. The predicted octanol–water partition coefficient (Wildman–Crippen LogP) is 2.44. The van der Waals surface area contributed by atoms with E-state index in [1.165, 1.54) is 6.08 Å². The summed E-state index contributed by atoms with van der Waals surface area (Å²) in [5.74, 6) is -0.0773.